The van der Waals surface area contributed by atoms with Crippen LogP contribution < -0.4 is 5.73 Å². The molecule has 0 aliphatic rings. The molecule has 2 N–H and O–H groups in total. The van der Waals surface area contributed by atoms with Gasteiger partial charge in [-0.05, 0) is 64.3 Å². The first kappa shape index (κ1) is 24.2. The van der Waals surface area contributed by atoms with E-state index in [4.69, 9.17) is 17.3 Å². The summed E-state index contributed by atoms with van der Waals surface area (Å²) >= 11 is 5.67. The van der Waals surface area contributed by atoms with Crippen molar-refractivity contribution >= 4 is 11.6 Å². The summed E-state index contributed by atoms with van der Waals surface area (Å²) in [6, 6.07) is 0. The van der Waals surface area contributed by atoms with Gasteiger partial charge in [-0.3, -0.25) is 0 Å². The molecule has 0 radical (unpaired) electrons. The molecule has 0 aromatic carbocycles. The highest BCUT2D eigenvalue weighted by molar-refractivity contribution is 6.17. The van der Waals surface area contributed by atoms with Crippen LogP contribution in [0.15, 0.2) is 48.6 Å². The number of alkyl halides is 1. The van der Waals surface area contributed by atoms with Crippen LogP contribution in [0.2, 0.25) is 0 Å². The van der Waals surface area contributed by atoms with Crippen molar-refractivity contribution in [3.05, 3.63) is 48.6 Å². The second kappa shape index (κ2) is 23.2. The van der Waals surface area contributed by atoms with Gasteiger partial charge in [-0.1, -0.05) is 74.3 Å². The summed E-state index contributed by atoms with van der Waals surface area (Å²) in [6.07, 6.45) is 33.9. The monoisotopic (exact) mass is 365 g/mol. The summed E-state index contributed by atoms with van der Waals surface area (Å²) in [7, 11) is 0. The molecule has 25 heavy (non-hydrogen) atoms. The summed E-state index contributed by atoms with van der Waals surface area (Å²) in [4.78, 5) is 0. The lowest BCUT2D eigenvalue weighted by Crippen LogP contribution is -1.96. The van der Waals surface area contributed by atoms with E-state index in [9.17, 15) is 0 Å². The van der Waals surface area contributed by atoms with E-state index >= 15 is 0 Å². The van der Waals surface area contributed by atoms with E-state index in [0.717, 1.165) is 44.5 Å². The Hall–Kier alpha value is -0.790. The first-order chi connectivity index (χ1) is 12.4. The predicted molar refractivity (Wildman–Crippen MR) is 116 cm³/mol. The average Bonchev–Trinajstić information content (AvgIpc) is 2.63. The van der Waals surface area contributed by atoms with E-state index in [1.807, 2.05) is 0 Å². The number of hydrogen-bond acceptors (Lipinski definition) is 1. The number of rotatable bonds is 18. The van der Waals surface area contributed by atoms with Gasteiger partial charge in [-0.15, -0.1) is 11.6 Å². The minimum atomic E-state index is 0.810. The van der Waals surface area contributed by atoms with Crippen molar-refractivity contribution in [2.75, 3.05) is 12.4 Å². The second-order valence-electron chi connectivity index (χ2n) is 6.48. The molecule has 0 amide bonds. The molecule has 0 rings (SSSR count). The minimum Gasteiger partial charge on any atom is -0.330 e. The molecule has 0 aliphatic heterocycles. The summed E-state index contributed by atoms with van der Waals surface area (Å²) in [5, 5.41) is 0. The van der Waals surface area contributed by atoms with Crippen LogP contribution >= 0.6 is 11.6 Å². The molecular weight excluding hydrogens is 326 g/mol. The third-order valence-corrected chi connectivity index (χ3v) is 4.33. The van der Waals surface area contributed by atoms with Gasteiger partial charge in [-0.25, -0.2) is 0 Å². The minimum absolute atomic E-state index is 0.810. The largest absolute Gasteiger partial charge is 0.330 e. The third kappa shape index (κ3) is 23.2. The van der Waals surface area contributed by atoms with Crippen molar-refractivity contribution in [3.8, 4) is 0 Å². The normalized spacial score (nSPS) is 12.6. The van der Waals surface area contributed by atoms with Gasteiger partial charge in [0.2, 0.25) is 0 Å². The number of halogens is 1. The van der Waals surface area contributed by atoms with Crippen molar-refractivity contribution < 1.29 is 0 Å². The fourth-order valence-electron chi connectivity index (χ4n) is 2.52. The number of allylic oxidation sites excluding steroid dienone is 8. The highest BCUT2D eigenvalue weighted by Crippen LogP contribution is 2.08. The van der Waals surface area contributed by atoms with E-state index in [-0.39, 0.29) is 0 Å². The molecule has 0 aromatic rings. The fraction of sp³-hybridized carbons (Fsp3) is 0.652. The summed E-state index contributed by atoms with van der Waals surface area (Å²) in [5.41, 5.74) is 5.46. The maximum absolute atomic E-state index is 5.67. The number of nitrogens with two attached hydrogens (primary N) is 1. The Bertz CT molecular complexity index is 355. The van der Waals surface area contributed by atoms with Crippen LogP contribution in [-0.4, -0.2) is 12.4 Å². The van der Waals surface area contributed by atoms with Crippen LogP contribution in [0.1, 0.15) is 83.5 Å². The first-order valence-corrected chi connectivity index (χ1v) is 10.8. The van der Waals surface area contributed by atoms with E-state index in [1.165, 1.54) is 51.4 Å². The lowest BCUT2D eigenvalue weighted by atomic mass is 10.1. The highest BCUT2D eigenvalue weighted by Gasteiger charge is 1.89. The Kier molecular flexibility index (Phi) is 22.5. The molecule has 144 valence electrons. The van der Waals surface area contributed by atoms with Crippen LogP contribution in [0.4, 0.5) is 0 Å². The van der Waals surface area contributed by atoms with Crippen molar-refractivity contribution in [3.63, 3.8) is 0 Å². The van der Waals surface area contributed by atoms with Gasteiger partial charge >= 0.3 is 0 Å². The van der Waals surface area contributed by atoms with Crippen molar-refractivity contribution in [1.82, 2.24) is 0 Å². The van der Waals surface area contributed by atoms with E-state index in [0.29, 0.717) is 0 Å². The molecular formula is C23H40ClN. The fourth-order valence-corrected chi connectivity index (χ4v) is 2.71. The molecule has 0 atom stereocenters. The van der Waals surface area contributed by atoms with Gasteiger partial charge in [0, 0.05) is 5.88 Å². The van der Waals surface area contributed by atoms with Crippen LogP contribution in [-0.2, 0) is 0 Å². The van der Waals surface area contributed by atoms with E-state index in [1.54, 1.807) is 0 Å². The molecule has 0 saturated carbocycles. The standard InChI is InChI=1S/C23H40ClN/c24-22-20-18-16-14-12-10-8-6-4-2-1-3-5-7-9-11-13-15-17-19-21-23-25/h1,3-4,6-7,9,13,15H,2,5,8,10-12,14,16-23,25H2. The quantitative estimate of drug-likeness (QED) is 0.152. The second-order valence-corrected chi connectivity index (χ2v) is 6.85. The topological polar surface area (TPSA) is 26.0 Å². The molecule has 0 aromatic heterocycles. The van der Waals surface area contributed by atoms with Gasteiger partial charge in [-0.2, -0.15) is 0 Å². The van der Waals surface area contributed by atoms with Crippen LogP contribution in [0, 0.1) is 0 Å². The Morgan fingerprint density at radius 1 is 0.480 bits per heavy atom. The first-order valence-electron chi connectivity index (χ1n) is 10.3. The van der Waals surface area contributed by atoms with Gasteiger partial charge in [0.25, 0.3) is 0 Å². The molecule has 0 saturated heterocycles. The Morgan fingerprint density at radius 2 is 0.880 bits per heavy atom. The Balaban J connectivity index is 3.32. The Morgan fingerprint density at radius 3 is 1.36 bits per heavy atom. The molecule has 0 aliphatic carbocycles. The zero-order valence-corrected chi connectivity index (χ0v) is 16.9. The van der Waals surface area contributed by atoms with E-state index < -0.39 is 0 Å². The van der Waals surface area contributed by atoms with Gasteiger partial charge in [0.05, 0.1) is 0 Å². The molecule has 0 fully saturated rings. The molecule has 0 spiro atoms. The lowest BCUT2D eigenvalue weighted by molar-refractivity contribution is 0.612. The van der Waals surface area contributed by atoms with Gasteiger partial charge in [0.1, 0.15) is 0 Å². The summed E-state index contributed by atoms with van der Waals surface area (Å²) in [6.45, 7) is 0.810. The maximum atomic E-state index is 5.67. The molecule has 0 heterocycles. The summed E-state index contributed by atoms with van der Waals surface area (Å²) < 4.78 is 0. The maximum Gasteiger partial charge on any atom is 0.0223 e. The zero-order chi connectivity index (χ0) is 18.3. The molecule has 1 nitrogen and oxygen atoms in total. The van der Waals surface area contributed by atoms with Gasteiger partial charge in [0.15, 0.2) is 0 Å². The van der Waals surface area contributed by atoms with Crippen LogP contribution in [0.25, 0.3) is 0 Å². The van der Waals surface area contributed by atoms with Crippen molar-refractivity contribution in [2.45, 2.75) is 83.5 Å². The average molecular weight is 366 g/mol. The number of unbranched alkanes of at least 4 members (excludes halogenated alkanes) is 8. The zero-order valence-electron chi connectivity index (χ0n) is 16.2. The highest BCUT2D eigenvalue weighted by atomic mass is 35.5. The number of hydrogen-bond donors (Lipinski definition) is 1. The predicted octanol–water partition coefficient (Wildman–Crippen LogP) is 7.48. The SMILES string of the molecule is NCCCCC=CCC=CCC=CCC=CCCCCCCCCCl. The summed E-state index contributed by atoms with van der Waals surface area (Å²) in [5.74, 6) is 0.818. The van der Waals surface area contributed by atoms with Crippen molar-refractivity contribution in [2.24, 2.45) is 5.73 Å². The molecule has 2 heteroatoms. The van der Waals surface area contributed by atoms with Crippen LogP contribution in [0.5, 0.6) is 0 Å². The molecule has 0 bridgehead atoms. The third-order valence-electron chi connectivity index (χ3n) is 4.06. The van der Waals surface area contributed by atoms with Crippen LogP contribution in [0.3, 0.4) is 0 Å². The lowest BCUT2D eigenvalue weighted by Gasteiger charge is -1.98. The smallest absolute Gasteiger partial charge is 0.0223 e. The van der Waals surface area contributed by atoms with Crippen molar-refractivity contribution in [1.29, 1.82) is 0 Å². The molecule has 0 unspecified atom stereocenters. The van der Waals surface area contributed by atoms with Gasteiger partial charge < -0.3 is 5.73 Å². The van der Waals surface area contributed by atoms with E-state index in [2.05, 4.69) is 48.6 Å². The Labute approximate surface area is 162 Å².